The molecule has 2 aliphatic heterocycles. The molecule has 2 fully saturated rings. The molecule has 34 heavy (non-hydrogen) atoms. The van der Waals surface area contributed by atoms with E-state index in [1.807, 2.05) is 35.2 Å². The van der Waals surface area contributed by atoms with Crippen LogP contribution in [0.5, 0.6) is 11.5 Å². The minimum Gasteiger partial charge on any atom is -0.493 e. The Hall–Kier alpha value is -3.35. The number of benzene rings is 2. The molecule has 3 aliphatic rings. The fraction of sp³-hybridized carbons (Fsp3) is 0.444. The van der Waals surface area contributed by atoms with Crippen LogP contribution in [-0.4, -0.2) is 55.8 Å². The molecule has 1 saturated carbocycles. The van der Waals surface area contributed by atoms with Gasteiger partial charge in [-0.25, -0.2) is 0 Å². The molecule has 1 aliphatic carbocycles. The summed E-state index contributed by atoms with van der Waals surface area (Å²) in [5.74, 6) is 1.77. The number of ether oxygens (including phenoxy) is 2. The van der Waals surface area contributed by atoms with Gasteiger partial charge in [0.1, 0.15) is 0 Å². The van der Waals surface area contributed by atoms with Crippen molar-refractivity contribution in [1.29, 1.82) is 5.41 Å². The lowest BCUT2D eigenvalue weighted by Gasteiger charge is -2.35. The third kappa shape index (κ3) is 4.15. The van der Waals surface area contributed by atoms with Gasteiger partial charge in [0.25, 0.3) is 5.91 Å². The number of carbonyl (C=O) groups is 1. The first kappa shape index (κ1) is 22.4. The van der Waals surface area contributed by atoms with Crippen molar-refractivity contribution in [3.05, 3.63) is 58.7 Å². The molecular formula is C27H32N4O3. The Bertz CT molecular complexity index is 1120. The highest BCUT2D eigenvalue weighted by molar-refractivity contribution is 6.15. The summed E-state index contributed by atoms with van der Waals surface area (Å²) < 4.78 is 11.2. The van der Waals surface area contributed by atoms with Crippen LogP contribution in [0.1, 0.15) is 71.5 Å². The summed E-state index contributed by atoms with van der Waals surface area (Å²) in [6, 6.07) is 12.0. The van der Waals surface area contributed by atoms with Crippen LogP contribution >= 0.6 is 0 Å². The van der Waals surface area contributed by atoms with Crippen molar-refractivity contribution in [2.75, 3.05) is 27.3 Å². The Balaban J connectivity index is 1.44. The molecule has 0 unspecified atom stereocenters. The fourth-order valence-electron chi connectivity index (χ4n) is 5.48. The van der Waals surface area contributed by atoms with Gasteiger partial charge in [0.05, 0.1) is 26.0 Å². The smallest absolute Gasteiger partial charge is 0.257 e. The number of nitrogens with one attached hydrogen (secondary N) is 2. The monoisotopic (exact) mass is 460 g/mol. The molecule has 2 heterocycles. The largest absolute Gasteiger partial charge is 0.493 e. The molecule has 5 rings (SSSR count). The summed E-state index contributed by atoms with van der Waals surface area (Å²) in [6.45, 7) is 1.65. The normalized spacial score (nSPS) is 21.2. The van der Waals surface area contributed by atoms with E-state index in [1.54, 1.807) is 14.2 Å². The zero-order valence-electron chi connectivity index (χ0n) is 19.9. The molecule has 1 amide bonds. The maximum absolute atomic E-state index is 12.7. The number of methoxy groups -OCH3 is 2. The standard InChI is InChI=1S/C27H32N4O3/c1-33-23-15-20-19-7-3-4-8-22(19)29-25(21(20)16-24(23)34-2)17-9-11-18(12-10-17)26(32)30-27(28)31-13-5-6-14-31/h9-12,15-16,19,22H,3-8,13-14H2,1-2H3,(H2,28,30,32)/t19-,22-/m1/s1. The number of hydrogen-bond acceptors (Lipinski definition) is 5. The molecule has 178 valence electrons. The first-order valence-electron chi connectivity index (χ1n) is 12.2. The average molecular weight is 461 g/mol. The molecule has 0 radical (unpaired) electrons. The number of fused-ring (bicyclic) bond motifs is 3. The van der Waals surface area contributed by atoms with E-state index in [0.717, 1.165) is 61.4 Å². The Morgan fingerprint density at radius 3 is 2.38 bits per heavy atom. The van der Waals surface area contributed by atoms with Gasteiger partial charge in [-0.05, 0) is 55.5 Å². The molecule has 2 aromatic rings. The number of guanidine groups is 1. The summed E-state index contributed by atoms with van der Waals surface area (Å²) >= 11 is 0. The van der Waals surface area contributed by atoms with Gasteiger partial charge in [0.2, 0.25) is 0 Å². The van der Waals surface area contributed by atoms with Crippen LogP contribution in [0.2, 0.25) is 0 Å². The second-order valence-electron chi connectivity index (χ2n) is 9.30. The highest BCUT2D eigenvalue weighted by Crippen LogP contribution is 2.44. The van der Waals surface area contributed by atoms with E-state index in [9.17, 15) is 4.79 Å². The van der Waals surface area contributed by atoms with Gasteiger partial charge in [-0.1, -0.05) is 25.0 Å². The fourth-order valence-corrected chi connectivity index (χ4v) is 5.48. The minimum atomic E-state index is -0.256. The SMILES string of the molecule is COc1cc2c(cc1OC)[C@H]1CCCC[C@H]1N=C2c1ccc(C(=O)NC(=N)N2CCCC2)cc1. The topological polar surface area (TPSA) is 87.0 Å². The Morgan fingerprint density at radius 2 is 1.68 bits per heavy atom. The molecule has 0 bridgehead atoms. The van der Waals surface area contributed by atoms with Gasteiger partial charge in [0, 0.05) is 35.7 Å². The lowest BCUT2D eigenvalue weighted by atomic mass is 9.75. The van der Waals surface area contributed by atoms with E-state index in [1.165, 1.54) is 18.4 Å². The summed E-state index contributed by atoms with van der Waals surface area (Å²) in [5.41, 5.74) is 4.80. The van der Waals surface area contributed by atoms with Crippen LogP contribution in [0.3, 0.4) is 0 Å². The Kier molecular flexibility index (Phi) is 6.26. The van der Waals surface area contributed by atoms with Gasteiger partial charge in [0.15, 0.2) is 17.5 Å². The van der Waals surface area contributed by atoms with Crippen molar-refractivity contribution >= 4 is 17.6 Å². The van der Waals surface area contributed by atoms with Crippen molar-refractivity contribution in [2.24, 2.45) is 4.99 Å². The summed E-state index contributed by atoms with van der Waals surface area (Å²) in [6.07, 6.45) is 6.76. The average Bonchev–Trinajstić information content (AvgIpc) is 3.43. The van der Waals surface area contributed by atoms with Gasteiger partial charge in [-0.3, -0.25) is 20.5 Å². The number of carbonyl (C=O) groups excluding carboxylic acids is 1. The molecule has 0 aromatic heterocycles. The number of likely N-dealkylation sites (tertiary alicyclic amines) is 1. The molecule has 1 saturated heterocycles. The third-order valence-electron chi connectivity index (χ3n) is 7.31. The van der Waals surface area contributed by atoms with E-state index in [0.29, 0.717) is 17.2 Å². The quantitative estimate of drug-likeness (QED) is 0.525. The van der Waals surface area contributed by atoms with Crippen LogP contribution in [-0.2, 0) is 0 Å². The first-order valence-corrected chi connectivity index (χ1v) is 12.2. The lowest BCUT2D eigenvalue weighted by Crippen LogP contribution is -2.41. The van der Waals surface area contributed by atoms with Crippen molar-refractivity contribution in [3.63, 3.8) is 0 Å². The minimum absolute atomic E-state index is 0.182. The molecule has 7 heteroatoms. The predicted octanol–water partition coefficient (Wildman–Crippen LogP) is 4.34. The maximum Gasteiger partial charge on any atom is 0.257 e. The van der Waals surface area contributed by atoms with Gasteiger partial charge >= 0.3 is 0 Å². The summed E-state index contributed by atoms with van der Waals surface area (Å²) in [5, 5.41) is 10.9. The summed E-state index contributed by atoms with van der Waals surface area (Å²) in [7, 11) is 3.33. The molecule has 0 spiro atoms. The summed E-state index contributed by atoms with van der Waals surface area (Å²) in [4.78, 5) is 19.8. The molecular weight excluding hydrogens is 428 g/mol. The van der Waals surface area contributed by atoms with Crippen LogP contribution in [0, 0.1) is 5.41 Å². The van der Waals surface area contributed by atoms with E-state index in [4.69, 9.17) is 19.9 Å². The zero-order valence-corrected chi connectivity index (χ0v) is 19.9. The highest BCUT2D eigenvalue weighted by atomic mass is 16.5. The van der Waals surface area contributed by atoms with Gasteiger partial charge in [-0.2, -0.15) is 0 Å². The number of hydrogen-bond donors (Lipinski definition) is 2. The maximum atomic E-state index is 12.7. The van der Waals surface area contributed by atoms with Crippen LogP contribution < -0.4 is 14.8 Å². The van der Waals surface area contributed by atoms with Crippen molar-refractivity contribution in [2.45, 2.75) is 50.5 Å². The van der Waals surface area contributed by atoms with E-state index in [-0.39, 0.29) is 17.9 Å². The van der Waals surface area contributed by atoms with Crippen LogP contribution in [0.15, 0.2) is 41.4 Å². The highest BCUT2D eigenvalue weighted by Gasteiger charge is 2.34. The van der Waals surface area contributed by atoms with Crippen molar-refractivity contribution < 1.29 is 14.3 Å². The Labute approximate surface area is 200 Å². The van der Waals surface area contributed by atoms with E-state index in [2.05, 4.69) is 11.4 Å². The second kappa shape index (κ2) is 9.49. The van der Waals surface area contributed by atoms with E-state index < -0.39 is 0 Å². The molecule has 7 nitrogen and oxygen atoms in total. The predicted molar refractivity (Wildman–Crippen MR) is 133 cm³/mol. The van der Waals surface area contributed by atoms with E-state index >= 15 is 0 Å². The zero-order chi connectivity index (χ0) is 23.7. The number of nitrogens with zero attached hydrogens (tertiary/aromatic N) is 2. The van der Waals surface area contributed by atoms with Crippen LogP contribution in [0.4, 0.5) is 0 Å². The lowest BCUT2D eigenvalue weighted by molar-refractivity contribution is 0.0972. The molecule has 2 aromatic carbocycles. The number of rotatable bonds is 4. The molecule has 2 N–H and O–H groups in total. The number of amides is 1. The third-order valence-corrected chi connectivity index (χ3v) is 7.31. The van der Waals surface area contributed by atoms with Gasteiger partial charge < -0.3 is 14.4 Å². The van der Waals surface area contributed by atoms with Crippen molar-refractivity contribution in [1.82, 2.24) is 10.2 Å². The number of aliphatic imine (C=N–C) groups is 1. The second-order valence-corrected chi connectivity index (χ2v) is 9.30. The Morgan fingerprint density at radius 1 is 1.00 bits per heavy atom. The first-order chi connectivity index (χ1) is 16.6. The van der Waals surface area contributed by atoms with Gasteiger partial charge in [-0.15, -0.1) is 0 Å². The van der Waals surface area contributed by atoms with Crippen molar-refractivity contribution in [3.8, 4) is 11.5 Å². The van der Waals surface area contributed by atoms with Crippen LogP contribution in [0.25, 0.3) is 0 Å². The molecule has 2 atom stereocenters.